The van der Waals surface area contributed by atoms with Crippen molar-refractivity contribution < 1.29 is 5.11 Å². The van der Waals surface area contributed by atoms with Gasteiger partial charge in [-0.05, 0) is 38.4 Å². The molecule has 0 unspecified atom stereocenters. The third kappa shape index (κ3) is 2.84. The first-order valence-corrected chi connectivity index (χ1v) is 7.58. The largest absolute Gasteiger partial charge is 0.392 e. The van der Waals surface area contributed by atoms with Crippen LogP contribution in [0, 0.1) is 0 Å². The fourth-order valence-electron chi connectivity index (χ4n) is 3.04. The molecule has 1 saturated heterocycles. The second-order valence-electron chi connectivity index (χ2n) is 5.63. The number of β-amino-alcohol motifs (C(OH)–C–C–N with tert-alkyl or cyclic N) is 1. The minimum absolute atomic E-state index is 0.0238. The van der Waals surface area contributed by atoms with E-state index in [0.717, 1.165) is 30.7 Å². The van der Waals surface area contributed by atoms with Crippen molar-refractivity contribution in [3.05, 3.63) is 40.4 Å². The molecule has 0 aliphatic carbocycles. The predicted octanol–water partition coefficient (Wildman–Crippen LogP) is 1.37. The summed E-state index contributed by atoms with van der Waals surface area (Å²) >= 11 is 0. The van der Waals surface area contributed by atoms with Gasteiger partial charge in [0.1, 0.15) is 5.82 Å². The standard InChI is InChI=1S/C16H21N3O2/c1-2-19-15(11-18-9-5-6-12(20)10-18)17-14-8-4-3-7-13(14)16(19)21/h3-4,7-8,12,20H,2,5-6,9-11H2,1H3/t12-/m1/s1. The van der Waals surface area contributed by atoms with Gasteiger partial charge in [-0.25, -0.2) is 4.98 Å². The van der Waals surface area contributed by atoms with Gasteiger partial charge >= 0.3 is 0 Å². The molecule has 1 N–H and O–H groups in total. The second-order valence-corrected chi connectivity index (χ2v) is 5.63. The average molecular weight is 287 g/mol. The number of likely N-dealkylation sites (tertiary alicyclic amines) is 1. The molecule has 5 heteroatoms. The van der Waals surface area contributed by atoms with Crippen molar-refractivity contribution in [3.63, 3.8) is 0 Å². The molecule has 21 heavy (non-hydrogen) atoms. The van der Waals surface area contributed by atoms with Gasteiger partial charge in [0.25, 0.3) is 5.56 Å². The number of nitrogens with zero attached hydrogens (tertiary/aromatic N) is 3. The van der Waals surface area contributed by atoms with Crippen LogP contribution >= 0.6 is 0 Å². The van der Waals surface area contributed by atoms with E-state index in [-0.39, 0.29) is 11.7 Å². The third-order valence-electron chi connectivity index (χ3n) is 4.10. The first-order valence-electron chi connectivity index (χ1n) is 7.58. The molecule has 1 aliphatic heterocycles. The fourth-order valence-corrected chi connectivity index (χ4v) is 3.04. The highest BCUT2D eigenvalue weighted by Gasteiger charge is 2.20. The van der Waals surface area contributed by atoms with Gasteiger partial charge in [-0.15, -0.1) is 0 Å². The zero-order chi connectivity index (χ0) is 14.8. The number of hydrogen-bond acceptors (Lipinski definition) is 4. The van der Waals surface area contributed by atoms with Crippen LogP contribution in [-0.2, 0) is 13.1 Å². The van der Waals surface area contributed by atoms with Crippen LogP contribution < -0.4 is 5.56 Å². The molecular weight excluding hydrogens is 266 g/mol. The lowest BCUT2D eigenvalue weighted by Gasteiger charge is -2.30. The summed E-state index contributed by atoms with van der Waals surface area (Å²) in [6.07, 6.45) is 1.59. The maximum atomic E-state index is 12.5. The van der Waals surface area contributed by atoms with Crippen LogP contribution in [-0.4, -0.2) is 38.8 Å². The Morgan fingerprint density at radius 2 is 2.19 bits per heavy atom. The van der Waals surface area contributed by atoms with Gasteiger partial charge in [0, 0.05) is 13.1 Å². The van der Waals surface area contributed by atoms with Crippen LogP contribution in [0.2, 0.25) is 0 Å². The van der Waals surface area contributed by atoms with Crippen LogP contribution in [0.15, 0.2) is 29.1 Å². The maximum Gasteiger partial charge on any atom is 0.261 e. The molecule has 0 spiro atoms. The molecule has 0 bridgehead atoms. The first kappa shape index (κ1) is 14.2. The average Bonchev–Trinajstić information content (AvgIpc) is 2.48. The number of benzene rings is 1. The molecule has 1 aromatic heterocycles. The normalized spacial score (nSPS) is 20.0. The predicted molar refractivity (Wildman–Crippen MR) is 82.2 cm³/mol. The van der Waals surface area contributed by atoms with E-state index in [9.17, 15) is 9.90 Å². The number of fused-ring (bicyclic) bond motifs is 1. The zero-order valence-corrected chi connectivity index (χ0v) is 12.3. The number of rotatable bonds is 3. The summed E-state index contributed by atoms with van der Waals surface area (Å²) in [7, 11) is 0. The minimum Gasteiger partial charge on any atom is -0.392 e. The molecule has 1 aromatic carbocycles. The topological polar surface area (TPSA) is 58.4 Å². The van der Waals surface area contributed by atoms with E-state index in [0.29, 0.717) is 25.0 Å². The third-order valence-corrected chi connectivity index (χ3v) is 4.10. The highest BCUT2D eigenvalue weighted by molar-refractivity contribution is 5.77. The van der Waals surface area contributed by atoms with Crippen molar-refractivity contribution in [1.29, 1.82) is 0 Å². The lowest BCUT2D eigenvalue weighted by atomic mass is 10.1. The molecule has 0 amide bonds. The summed E-state index contributed by atoms with van der Waals surface area (Å²) in [4.78, 5) is 19.4. The number of piperidine rings is 1. The smallest absolute Gasteiger partial charge is 0.261 e. The van der Waals surface area contributed by atoms with E-state index < -0.39 is 0 Å². The van der Waals surface area contributed by atoms with Crippen molar-refractivity contribution in [2.24, 2.45) is 0 Å². The SMILES string of the molecule is CCn1c(CN2CCC[C@@H](O)C2)nc2ccccc2c1=O. The van der Waals surface area contributed by atoms with Gasteiger partial charge in [-0.1, -0.05) is 12.1 Å². The highest BCUT2D eigenvalue weighted by Crippen LogP contribution is 2.14. The highest BCUT2D eigenvalue weighted by atomic mass is 16.3. The Morgan fingerprint density at radius 3 is 2.95 bits per heavy atom. The molecule has 2 aromatic rings. The van der Waals surface area contributed by atoms with Crippen molar-refractivity contribution in [2.45, 2.75) is 39.0 Å². The molecule has 1 fully saturated rings. The number of hydrogen-bond donors (Lipinski definition) is 1. The summed E-state index contributed by atoms with van der Waals surface area (Å²) < 4.78 is 1.74. The van der Waals surface area contributed by atoms with Crippen LogP contribution in [0.25, 0.3) is 10.9 Å². The Bertz CT molecular complexity index is 695. The summed E-state index contributed by atoms with van der Waals surface area (Å²) in [5, 5.41) is 10.4. The first-order chi connectivity index (χ1) is 10.2. The van der Waals surface area contributed by atoms with E-state index in [4.69, 9.17) is 0 Å². The molecular formula is C16H21N3O2. The van der Waals surface area contributed by atoms with Gasteiger partial charge in [0.2, 0.25) is 0 Å². The fraction of sp³-hybridized carbons (Fsp3) is 0.500. The van der Waals surface area contributed by atoms with Gasteiger partial charge in [-0.2, -0.15) is 0 Å². The van der Waals surface area contributed by atoms with Crippen molar-refractivity contribution >= 4 is 10.9 Å². The molecule has 1 atom stereocenters. The molecule has 5 nitrogen and oxygen atoms in total. The summed E-state index contributed by atoms with van der Waals surface area (Å²) in [6.45, 7) is 4.80. The molecule has 1 aliphatic rings. The second kappa shape index (κ2) is 5.95. The van der Waals surface area contributed by atoms with Crippen molar-refractivity contribution in [3.8, 4) is 0 Å². The maximum absolute atomic E-state index is 12.5. The summed E-state index contributed by atoms with van der Waals surface area (Å²) in [5.41, 5.74) is 0.774. The van der Waals surface area contributed by atoms with Crippen LogP contribution in [0.5, 0.6) is 0 Å². The minimum atomic E-state index is -0.263. The quantitative estimate of drug-likeness (QED) is 0.926. The Morgan fingerprint density at radius 1 is 1.38 bits per heavy atom. The Labute approximate surface area is 123 Å². The van der Waals surface area contributed by atoms with Gasteiger partial charge in [0.15, 0.2) is 0 Å². The van der Waals surface area contributed by atoms with E-state index >= 15 is 0 Å². The van der Waals surface area contributed by atoms with Gasteiger partial charge < -0.3 is 5.11 Å². The Hall–Kier alpha value is -1.72. The Kier molecular flexibility index (Phi) is 4.03. The van der Waals surface area contributed by atoms with E-state index in [2.05, 4.69) is 9.88 Å². The van der Waals surface area contributed by atoms with E-state index in [1.54, 1.807) is 4.57 Å². The van der Waals surface area contributed by atoms with Gasteiger partial charge in [-0.3, -0.25) is 14.3 Å². The molecule has 3 rings (SSSR count). The van der Waals surface area contributed by atoms with Crippen LogP contribution in [0.3, 0.4) is 0 Å². The summed E-state index contributed by atoms with van der Waals surface area (Å²) in [5.74, 6) is 0.787. The van der Waals surface area contributed by atoms with Crippen LogP contribution in [0.1, 0.15) is 25.6 Å². The number of aromatic nitrogens is 2. The van der Waals surface area contributed by atoms with Gasteiger partial charge in [0.05, 0.1) is 23.6 Å². The van der Waals surface area contributed by atoms with Crippen molar-refractivity contribution in [1.82, 2.24) is 14.5 Å². The lowest BCUT2D eigenvalue weighted by Crippen LogP contribution is -2.39. The van der Waals surface area contributed by atoms with Crippen LogP contribution in [0.4, 0.5) is 0 Å². The number of aliphatic hydroxyl groups is 1. The molecule has 112 valence electrons. The lowest BCUT2D eigenvalue weighted by molar-refractivity contribution is 0.0647. The number of aliphatic hydroxyl groups excluding tert-OH is 1. The van der Waals surface area contributed by atoms with E-state index in [1.807, 2.05) is 31.2 Å². The number of para-hydroxylation sites is 1. The van der Waals surface area contributed by atoms with E-state index in [1.165, 1.54) is 0 Å². The Balaban J connectivity index is 1.99. The molecule has 2 heterocycles. The van der Waals surface area contributed by atoms with Crippen molar-refractivity contribution in [2.75, 3.05) is 13.1 Å². The molecule has 0 saturated carbocycles. The molecule has 0 radical (unpaired) electrons. The monoisotopic (exact) mass is 287 g/mol. The zero-order valence-electron chi connectivity index (χ0n) is 12.3. The summed E-state index contributed by atoms with van der Waals surface area (Å²) in [6, 6.07) is 7.47.